The van der Waals surface area contributed by atoms with E-state index in [0.717, 1.165) is 31.4 Å². The van der Waals surface area contributed by atoms with Crippen LogP contribution in [0.5, 0.6) is 0 Å². The zero-order chi connectivity index (χ0) is 13.4. The summed E-state index contributed by atoms with van der Waals surface area (Å²) in [6.45, 7) is 1.32. The Kier molecular flexibility index (Phi) is 4.60. The minimum Gasteiger partial charge on any atom is -0.337 e. The summed E-state index contributed by atoms with van der Waals surface area (Å²) in [5.41, 5.74) is 0.219. The van der Waals surface area contributed by atoms with Crippen molar-refractivity contribution in [2.75, 3.05) is 13.1 Å². The maximum atomic E-state index is 13.2. The van der Waals surface area contributed by atoms with Crippen LogP contribution < -0.4 is 5.32 Å². The lowest BCUT2D eigenvalue weighted by molar-refractivity contribution is 0.0747. The van der Waals surface area contributed by atoms with Crippen molar-refractivity contribution < 1.29 is 13.6 Å². The maximum Gasteiger partial charge on any atom is 0.254 e. The van der Waals surface area contributed by atoms with Gasteiger partial charge in [-0.1, -0.05) is 0 Å². The standard InChI is InChI=1S/C14H16F2N2O.ClH/c15-12-4-1-9(7-13(12)16)14(19)18-6-5-10-2-3-11(8-18)17-10;/h1,4,7,10-11,17H,2-3,5-6,8H2;1H. The van der Waals surface area contributed by atoms with Gasteiger partial charge in [0.2, 0.25) is 0 Å². The van der Waals surface area contributed by atoms with Crippen LogP contribution in [0.4, 0.5) is 8.78 Å². The molecule has 1 amide bonds. The molecule has 0 radical (unpaired) electrons. The Balaban J connectivity index is 0.00000147. The highest BCUT2D eigenvalue weighted by Gasteiger charge is 2.31. The predicted molar refractivity (Wildman–Crippen MR) is 74.1 cm³/mol. The number of hydrogen-bond acceptors (Lipinski definition) is 2. The Morgan fingerprint density at radius 2 is 1.90 bits per heavy atom. The van der Waals surface area contributed by atoms with Crippen LogP contribution in [0.25, 0.3) is 0 Å². The van der Waals surface area contributed by atoms with Crippen molar-refractivity contribution in [2.45, 2.75) is 31.3 Å². The van der Waals surface area contributed by atoms with Gasteiger partial charge in [0.25, 0.3) is 5.91 Å². The van der Waals surface area contributed by atoms with Gasteiger partial charge in [0, 0.05) is 30.7 Å². The van der Waals surface area contributed by atoms with E-state index in [9.17, 15) is 13.6 Å². The van der Waals surface area contributed by atoms with E-state index in [2.05, 4.69) is 5.32 Å². The number of hydrogen-bond donors (Lipinski definition) is 1. The summed E-state index contributed by atoms with van der Waals surface area (Å²) in [4.78, 5) is 14.0. The van der Waals surface area contributed by atoms with Crippen molar-refractivity contribution in [3.63, 3.8) is 0 Å². The number of fused-ring (bicyclic) bond motifs is 2. The summed E-state index contributed by atoms with van der Waals surface area (Å²) in [5.74, 6) is -2.11. The topological polar surface area (TPSA) is 32.3 Å². The second kappa shape index (κ2) is 6.06. The monoisotopic (exact) mass is 302 g/mol. The molecule has 2 aliphatic rings. The van der Waals surface area contributed by atoms with Crippen LogP contribution >= 0.6 is 12.4 Å². The first-order chi connectivity index (χ1) is 9.13. The molecule has 2 bridgehead atoms. The minimum atomic E-state index is -0.972. The predicted octanol–water partition coefficient (Wildman–Crippen LogP) is 2.35. The quantitative estimate of drug-likeness (QED) is 0.864. The number of halogens is 3. The van der Waals surface area contributed by atoms with Crippen molar-refractivity contribution in [2.24, 2.45) is 0 Å². The fourth-order valence-electron chi connectivity index (χ4n) is 2.94. The molecule has 2 saturated heterocycles. The number of benzene rings is 1. The average Bonchev–Trinajstić information content (AvgIpc) is 2.72. The summed E-state index contributed by atoms with van der Waals surface area (Å²) in [5, 5.41) is 3.48. The molecular weight excluding hydrogens is 286 g/mol. The van der Waals surface area contributed by atoms with Gasteiger partial charge in [-0.05, 0) is 37.5 Å². The Labute approximate surface area is 122 Å². The highest BCUT2D eigenvalue weighted by Crippen LogP contribution is 2.22. The number of carbonyl (C=O) groups is 1. The smallest absolute Gasteiger partial charge is 0.254 e. The number of likely N-dealkylation sites (tertiary alicyclic amines) is 1. The summed E-state index contributed by atoms with van der Waals surface area (Å²) in [6.07, 6.45) is 3.16. The maximum absolute atomic E-state index is 13.2. The van der Waals surface area contributed by atoms with Crippen molar-refractivity contribution >= 4 is 18.3 Å². The minimum absolute atomic E-state index is 0. The SMILES string of the molecule is Cl.O=C(c1ccc(F)c(F)c1)N1CCC2CCC(C1)N2. The molecule has 2 aliphatic heterocycles. The van der Waals surface area contributed by atoms with E-state index < -0.39 is 11.6 Å². The summed E-state index contributed by atoms with van der Waals surface area (Å²) in [7, 11) is 0. The fraction of sp³-hybridized carbons (Fsp3) is 0.500. The van der Waals surface area contributed by atoms with Gasteiger partial charge in [0.15, 0.2) is 11.6 Å². The van der Waals surface area contributed by atoms with Crippen LogP contribution in [0.15, 0.2) is 18.2 Å². The Hall–Kier alpha value is -1.20. The molecule has 2 fully saturated rings. The Morgan fingerprint density at radius 3 is 2.65 bits per heavy atom. The lowest BCUT2D eigenvalue weighted by Crippen LogP contribution is -2.39. The fourth-order valence-corrected chi connectivity index (χ4v) is 2.94. The zero-order valence-corrected chi connectivity index (χ0v) is 11.8. The molecule has 0 saturated carbocycles. The molecule has 20 heavy (non-hydrogen) atoms. The van der Waals surface area contributed by atoms with Gasteiger partial charge >= 0.3 is 0 Å². The highest BCUT2D eigenvalue weighted by atomic mass is 35.5. The Morgan fingerprint density at radius 1 is 1.15 bits per heavy atom. The molecule has 0 aliphatic carbocycles. The van der Waals surface area contributed by atoms with Gasteiger partial charge in [0.1, 0.15) is 0 Å². The first kappa shape index (κ1) is 15.2. The number of amides is 1. The lowest BCUT2D eigenvalue weighted by atomic mass is 10.1. The van der Waals surface area contributed by atoms with E-state index in [0.29, 0.717) is 25.2 Å². The third kappa shape index (κ3) is 2.94. The van der Waals surface area contributed by atoms with E-state index in [1.54, 1.807) is 4.90 Å². The van der Waals surface area contributed by atoms with Gasteiger partial charge in [-0.15, -0.1) is 12.4 Å². The van der Waals surface area contributed by atoms with Crippen LogP contribution in [0.3, 0.4) is 0 Å². The summed E-state index contributed by atoms with van der Waals surface area (Å²) >= 11 is 0. The first-order valence-electron chi connectivity index (χ1n) is 6.64. The second-order valence-corrected chi connectivity index (χ2v) is 5.31. The Bertz CT molecular complexity index is 512. The summed E-state index contributed by atoms with van der Waals surface area (Å²) < 4.78 is 26.1. The van der Waals surface area contributed by atoms with Gasteiger partial charge in [-0.25, -0.2) is 8.78 Å². The normalized spacial score (nSPS) is 25.0. The molecule has 6 heteroatoms. The second-order valence-electron chi connectivity index (χ2n) is 5.31. The van der Waals surface area contributed by atoms with Gasteiger partial charge in [-0.3, -0.25) is 4.79 Å². The number of rotatable bonds is 1. The van der Waals surface area contributed by atoms with E-state index in [1.165, 1.54) is 6.07 Å². The number of carbonyl (C=O) groups excluding carboxylic acids is 1. The molecule has 0 spiro atoms. The van der Waals surface area contributed by atoms with Crippen molar-refractivity contribution in [3.8, 4) is 0 Å². The van der Waals surface area contributed by atoms with Crippen LogP contribution in [-0.4, -0.2) is 36.0 Å². The third-order valence-corrected chi connectivity index (χ3v) is 3.98. The molecular formula is C14H17ClF2N2O. The largest absolute Gasteiger partial charge is 0.337 e. The first-order valence-corrected chi connectivity index (χ1v) is 6.64. The van der Waals surface area contributed by atoms with Gasteiger partial charge in [-0.2, -0.15) is 0 Å². The molecule has 0 aromatic heterocycles. The molecule has 2 heterocycles. The third-order valence-electron chi connectivity index (χ3n) is 3.98. The van der Waals surface area contributed by atoms with Crippen LogP contribution in [-0.2, 0) is 0 Å². The lowest BCUT2D eigenvalue weighted by Gasteiger charge is -2.24. The molecule has 3 rings (SSSR count). The van der Waals surface area contributed by atoms with E-state index in [1.807, 2.05) is 0 Å². The zero-order valence-electron chi connectivity index (χ0n) is 10.9. The molecule has 2 unspecified atom stereocenters. The molecule has 1 aromatic carbocycles. The highest BCUT2D eigenvalue weighted by molar-refractivity contribution is 5.94. The van der Waals surface area contributed by atoms with Crippen molar-refractivity contribution in [1.29, 1.82) is 0 Å². The van der Waals surface area contributed by atoms with Gasteiger partial charge in [0.05, 0.1) is 0 Å². The van der Waals surface area contributed by atoms with Crippen LogP contribution in [0, 0.1) is 11.6 Å². The molecule has 1 N–H and O–H groups in total. The molecule has 3 nitrogen and oxygen atoms in total. The molecule has 110 valence electrons. The number of nitrogens with zero attached hydrogens (tertiary/aromatic N) is 1. The molecule has 1 aromatic rings. The van der Waals surface area contributed by atoms with Crippen LogP contribution in [0.2, 0.25) is 0 Å². The van der Waals surface area contributed by atoms with E-state index in [-0.39, 0.29) is 23.9 Å². The number of nitrogens with one attached hydrogen (secondary N) is 1. The van der Waals surface area contributed by atoms with E-state index >= 15 is 0 Å². The van der Waals surface area contributed by atoms with Crippen molar-refractivity contribution in [1.82, 2.24) is 10.2 Å². The van der Waals surface area contributed by atoms with Crippen LogP contribution in [0.1, 0.15) is 29.6 Å². The van der Waals surface area contributed by atoms with E-state index in [4.69, 9.17) is 0 Å². The van der Waals surface area contributed by atoms with Gasteiger partial charge < -0.3 is 10.2 Å². The average molecular weight is 303 g/mol. The van der Waals surface area contributed by atoms with Crippen molar-refractivity contribution in [3.05, 3.63) is 35.4 Å². The summed E-state index contributed by atoms with van der Waals surface area (Å²) in [6, 6.07) is 4.16. The molecule has 2 atom stereocenters.